The fraction of sp³-hybridized carbons (Fsp3) is 0.364. The van der Waals surface area contributed by atoms with Crippen molar-refractivity contribution in [3.05, 3.63) is 53.6 Å². The minimum Gasteiger partial charge on any atom is -0.332 e. The van der Waals surface area contributed by atoms with Crippen LogP contribution in [0.3, 0.4) is 0 Å². The molecule has 6 nitrogen and oxygen atoms in total. The van der Waals surface area contributed by atoms with Crippen molar-refractivity contribution in [1.29, 1.82) is 0 Å². The van der Waals surface area contributed by atoms with E-state index in [1.807, 2.05) is 19.9 Å². The predicted molar refractivity (Wildman–Crippen MR) is 126 cm³/mol. The van der Waals surface area contributed by atoms with E-state index >= 15 is 0 Å². The lowest BCUT2D eigenvalue weighted by Crippen LogP contribution is -2.33. The quantitative estimate of drug-likeness (QED) is 0.376. The zero-order valence-electron chi connectivity index (χ0n) is 17.6. The first-order chi connectivity index (χ1) is 14.2. The van der Waals surface area contributed by atoms with E-state index in [0.717, 1.165) is 36.8 Å². The van der Waals surface area contributed by atoms with Crippen LogP contribution in [-0.2, 0) is 14.8 Å². The minimum atomic E-state index is -3.70. The third kappa shape index (κ3) is 7.42. The Hall–Kier alpha value is -2.45. The molecule has 0 saturated heterocycles. The van der Waals surface area contributed by atoms with E-state index in [0.29, 0.717) is 17.8 Å². The third-order valence-corrected chi connectivity index (χ3v) is 6.29. The molecule has 0 fully saturated rings. The van der Waals surface area contributed by atoms with E-state index in [-0.39, 0.29) is 15.9 Å². The molecular formula is C22H29N3O3S2. The Bertz CT molecular complexity index is 987. The summed E-state index contributed by atoms with van der Waals surface area (Å²) in [6.45, 7) is 6.02. The molecule has 2 aromatic rings. The first kappa shape index (κ1) is 23.8. The number of hydrogen-bond acceptors (Lipinski definition) is 4. The van der Waals surface area contributed by atoms with Crippen LogP contribution >= 0.6 is 12.2 Å². The zero-order chi connectivity index (χ0) is 22.1. The highest BCUT2D eigenvalue weighted by Crippen LogP contribution is 2.20. The van der Waals surface area contributed by atoms with Gasteiger partial charge in [0, 0.05) is 17.8 Å². The Morgan fingerprint density at radius 1 is 0.933 bits per heavy atom. The highest BCUT2D eigenvalue weighted by Gasteiger charge is 2.14. The highest BCUT2D eigenvalue weighted by molar-refractivity contribution is 7.92. The summed E-state index contributed by atoms with van der Waals surface area (Å²) in [4.78, 5) is 12.0. The van der Waals surface area contributed by atoms with Gasteiger partial charge in [-0.15, -0.1) is 0 Å². The number of sulfonamides is 1. The Balaban J connectivity index is 1.92. The number of unbranched alkanes of at least 4 members (excludes halogenated alkanes) is 3. The predicted octanol–water partition coefficient (Wildman–Crippen LogP) is 4.89. The smallest absolute Gasteiger partial charge is 0.261 e. The van der Waals surface area contributed by atoms with Crippen LogP contribution in [0, 0.1) is 13.8 Å². The van der Waals surface area contributed by atoms with Gasteiger partial charge in [-0.1, -0.05) is 32.3 Å². The van der Waals surface area contributed by atoms with E-state index < -0.39 is 10.0 Å². The molecular weight excluding hydrogens is 418 g/mol. The standard InChI is InChI=1S/C22H29N3O3S2/c1-4-5-6-7-8-21(26)24-22(29)23-18-11-13-20(14-12-18)30(27,28)25-19-10-9-16(2)17(3)15-19/h9-15,25H,4-8H2,1-3H3,(H2,23,24,26,29). The van der Waals surface area contributed by atoms with Crippen molar-refractivity contribution < 1.29 is 13.2 Å². The van der Waals surface area contributed by atoms with Crippen LogP contribution < -0.4 is 15.4 Å². The fourth-order valence-corrected chi connectivity index (χ4v) is 4.08. The Kier molecular flexibility index (Phi) is 8.80. The maximum atomic E-state index is 12.6. The molecule has 3 N–H and O–H groups in total. The molecule has 1 amide bonds. The van der Waals surface area contributed by atoms with Gasteiger partial charge >= 0.3 is 0 Å². The molecule has 0 heterocycles. The third-order valence-electron chi connectivity index (χ3n) is 4.69. The van der Waals surface area contributed by atoms with Crippen molar-refractivity contribution in [2.75, 3.05) is 10.0 Å². The second kappa shape index (κ2) is 11.1. The van der Waals surface area contributed by atoms with Crippen LogP contribution in [0.25, 0.3) is 0 Å². The molecule has 0 unspecified atom stereocenters. The van der Waals surface area contributed by atoms with E-state index in [2.05, 4.69) is 22.3 Å². The van der Waals surface area contributed by atoms with Crippen molar-refractivity contribution in [2.24, 2.45) is 0 Å². The highest BCUT2D eigenvalue weighted by atomic mass is 32.2. The van der Waals surface area contributed by atoms with Gasteiger partial charge in [-0.25, -0.2) is 8.42 Å². The average molecular weight is 448 g/mol. The summed E-state index contributed by atoms with van der Waals surface area (Å²) < 4.78 is 27.8. The number of aryl methyl sites for hydroxylation is 2. The Morgan fingerprint density at radius 2 is 1.60 bits per heavy atom. The van der Waals surface area contributed by atoms with E-state index in [4.69, 9.17) is 12.2 Å². The van der Waals surface area contributed by atoms with Gasteiger partial charge in [-0.3, -0.25) is 9.52 Å². The summed E-state index contributed by atoms with van der Waals surface area (Å²) in [6.07, 6.45) is 4.53. The van der Waals surface area contributed by atoms with Gasteiger partial charge in [0.1, 0.15) is 0 Å². The molecule has 0 radical (unpaired) electrons. The number of benzene rings is 2. The molecule has 8 heteroatoms. The van der Waals surface area contributed by atoms with Gasteiger partial charge in [0.25, 0.3) is 10.0 Å². The number of hydrogen-bond donors (Lipinski definition) is 3. The van der Waals surface area contributed by atoms with Crippen LogP contribution in [0.5, 0.6) is 0 Å². The van der Waals surface area contributed by atoms with E-state index in [9.17, 15) is 13.2 Å². The zero-order valence-corrected chi connectivity index (χ0v) is 19.3. The topological polar surface area (TPSA) is 87.3 Å². The fourth-order valence-electron chi connectivity index (χ4n) is 2.80. The number of amides is 1. The lowest BCUT2D eigenvalue weighted by molar-refractivity contribution is -0.119. The minimum absolute atomic E-state index is 0.125. The van der Waals surface area contributed by atoms with Gasteiger partial charge < -0.3 is 10.6 Å². The summed E-state index contributed by atoms with van der Waals surface area (Å²) >= 11 is 5.16. The van der Waals surface area contributed by atoms with Gasteiger partial charge in [-0.2, -0.15) is 0 Å². The summed E-state index contributed by atoms with van der Waals surface area (Å²) in [5.41, 5.74) is 3.22. The molecule has 0 bridgehead atoms. The number of nitrogens with one attached hydrogen (secondary N) is 3. The van der Waals surface area contributed by atoms with E-state index in [1.54, 1.807) is 24.3 Å². The van der Waals surface area contributed by atoms with E-state index in [1.165, 1.54) is 12.1 Å². The van der Waals surface area contributed by atoms with Gasteiger partial charge in [0.2, 0.25) is 5.91 Å². The molecule has 0 aliphatic heterocycles. The molecule has 162 valence electrons. The molecule has 0 atom stereocenters. The van der Waals surface area contributed by atoms with Gasteiger partial charge in [-0.05, 0) is 80.0 Å². The van der Waals surface area contributed by atoms with Gasteiger partial charge in [0.15, 0.2) is 5.11 Å². The molecule has 0 aliphatic rings. The van der Waals surface area contributed by atoms with Crippen molar-refractivity contribution in [3.63, 3.8) is 0 Å². The van der Waals surface area contributed by atoms with Crippen molar-refractivity contribution in [1.82, 2.24) is 5.32 Å². The van der Waals surface area contributed by atoms with Crippen LogP contribution in [0.4, 0.5) is 11.4 Å². The number of rotatable bonds is 9. The lowest BCUT2D eigenvalue weighted by atomic mass is 10.1. The Morgan fingerprint density at radius 3 is 2.23 bits per heavy atom. The normalized spacial score (nSPS) is 11.0. The first-order valence-electron chi connectivity index (χ1n) is 10.0. The van der Waals surface area contributed by atoms with Crippen molar-refractivity contribution in [3.8, 4) is 0 Å². The Labute approximate surface area is 184 Å². The van der Waals surface area contributed by atoms with Crippen LogP contribution in [-0.4, -0.2) is 19.4 Å². The molecule has 2 rings (SSSR count). The molecule has 0 spiro atoms. The number of carbonyl (C=O) groups excluding carboxylic acids is 1. The monoisotopic (exact) mass is 447 g/mol. The largest absolute Gasteiger partial charge is 0.332 e. The van der Waals surface area contributed by atoms with Crippen LogP contribution in [0.1, 0.15) is 50.2 Å². The summed E-state index contributed by atoms with van der Waals surface area (Å²) in [7, 11) is -3.70. The van der Waals surface area contributed by atoms with Crippen molar-refractivity contribution >= 4 is 44.6 Å². The summed E-state index contributed by atoms with van der Waals surface area (Å²) in [6, 6.07) is 11.6. The maximum Gasteiger partial charge on any atom is 0.261 e. The lowest BCUT2D eigenvalue weighted by Gasteiger charge is -2.12. The van der Waals surface area contributed by atoms with Gasteiger partial charge in [0.05, 0.1) is 4.90 Å². The maximum absolute atomic E-state index is 12.6. The van der Waals surface area contributed by atoms with Crippen molar-refractivity contribution in [2.45, 2.75) is 57.8 Å². The summed E-state index contributed by atoms with van der Waals surface area (Å²) in [5.74, 6) is -0.125. The average Bonchev–Trinajstić information content (AvgIpc) is 2.68. The molecule has 0 aromatic heterocycles. The second-order valence-electron chi connectivity index (χ2n) is 7.24. The van der Waals surface area contributed by atoms with Crippen LogP contribution in [0.15, 0.2) is 47.4 Å². The molecule has 2 aromatic carbocycles. The number of anilines is 2. The molecule has 30 heavy (non-hydrogen) atoms. The first-order valence-corrected chi connectivity index (χ1v) is 11.9. The number of thiocarbonyl (C=S) groups is 1. The summed E-state index contributed by atoms with van der Waals surface area (Å²) in [5, 5.41) is 5.74. The van der Waals surface area contributed by atoms with Crippen LogP contribution in [0.2, 0.25) is 0 Å². The number of carbonyl (C=O) groups is 1. The second-order valence-corrected chi connectivity index (χ2v) is 9.33. The molecule has 0 aliphatic carbocycles. The SMILES string of the molecule is CCCCCCC(=O)NC(=S)Nc1ccc(S(=O)(=O)Nc2ccc(C)c(C)c2)cc1. The molecule has 0 saturated carbocycles.